The summed E-state index contributed by atoms with van der Waals surface area (Å²) >= 11 is 0. The number of likely N-dealkylation sites (tertiary alicyclic amines) is 1. The van der Waals surface area contributed by atoms with Crippen LogP contribution in [0, 0.1) is 23.4 Å². The highest BCUT2D eigenvalue weighted by Crippen LogP contribution is 2.31. The molecule has 3 N–H and O–H groups in total. The molecule has 2 aromatic heterocycles. The summed E-state index contributed by atoms with van der Waals surface area (Å²) in [6.07, 6.45) is 1.15. The van der Waals surface area contributed by atoms with Crippen LogP contribution in [0.4, 0.5) is 24.8 Å². The molecule has 218 valence electrons. The van der Waals surface area contributed by atoms with Crippen LogP contribution in [0.3, 0.4) is 0 Å². The van der Waals surface area contributed by atoms with Crippen molar-refractivity contribution in [1.82, 2.24) is 24.8 Å². The SMILES string of the molecule is O=C(C1COC(Cc2nc(-c3ccc(F)cc3)c(-c3ccnc(Nc4ccc(F)c(F)c4)n3)[nH]2)OC1)N1CCC(O)C1. The number of rotatable bonds is 7. The highest BCUT2D eigenvalue weighted by molar-refractivity contribution is 5.79. The summed E-state index contributed by atoms with van der Waals surface area (Å²) in [6.45, 7) is 1.20. The zero-order chi connectivity index (χ0) is 29.2. The highest BCUT2D eigenvalue weighted by Gasteiger charge is 2.34. The summed E-state index contributed by atoms with van der Waals surface area (Å²) in [6, 6.07) is 10.9. The second-order valence-electron chi connectivity index (χ2n) is 10.2. The third-order valence-electron chi connectivity index (χ3n) is 7.11. The molecule has 2 aliphatic rings. The van der Waals surface area contributed by atoms with Crippen LogP contribution in [0.15, 0.2) is 54.7 Å². The Morgan fingerprint density at radius 3 is 2.55 bits per heavy atom. The quantitative estimate of drug-likeness (QED) is 0.301. The third-order valence-corrected chi connectivity index (χ3v) is 7.11. The number of hydrogen-bond acceptors (Lipinski definition) is 8. The van der Waals surface area contributed by atoms with Gasteiger partial charge >= 0.3 is 0 Å². The second kappa shape index (κ2) is 11.9. The molecular formula is C29H27F3N6O4. The van der Waals surface area contributed by atoms with Gasteiger partial charge in [0.15, 0.2) is 17.9 Å². The maximum Gasteiger partial charge on any atom is 0.230 e. The topological polar surface area (TPSA) is 125 Å². The van der Waals surface area contributed by atoms with Crippen molar-refractivity contribution in [2.24, 2.45) is 5.92 Å². The number of nitrogens with zero attached hydrogens (tertiary/aromatic N) is 4. The van der Waals surface area contributed by atoms with Crippen LogP contribution in [0.5, 0.6) is 0 Å². The number of benzene rings is 2. The number of anilines is 2. The van der Waals surface area contributed by atoms with Gasteiger partial charge in [-0.3, -0.25) is 4.79 Å². The number of carbonyl (C=O) groups is 1. The van der Waals surface area contributed by atoms with Crippen molar-refractivity contribution < 1.29 is 32.5 Å². The maximum absolute atomic E-state index is 13.7. The average molecular weight is 581 g/mol. The van der Waals surface area contributed by atoms with E-state index in [0.717, 1.165) is 12.1 Å². The third kappa shape index (κ3) is 6.12. The van der Waals surface area contributed by atoms with Gasteiger partial charge < -0.3 is 29.8 Å². The fraction of sp³-hybridized carbons (Fsp3) is 0.310. The van der Waals surface area contributed by atoms with Crippen LogP contribution in [-0.2, 0) is 20.7 Å². The fourth-order valence-corrected chi connectivity index (χ4v) is 4.94. The number of aliphatic hydroxyl groups is 1. The largest absolute Gasteiger partial charge is 0.391 e. The van der Waals surface area contributed by atoms with Crippen molar-refractivity contribution in [3.8, 4) is 22.6 Å². The molecule has 1 atom stereocenters. The Kier molecular flexibility index (Phi) is 7.87. The molecule has 2 saturated heterocycles. The van der Waals surface area contributed by atoms with Crippen molar-refractivity contribution in [2.45, 2.75) is 25.2 Å². The first-order chi connectivity index (χ1) is 20.3. The van der Waals surface area contributed by atoms with E-state index in [1.165, 1.54) is 24.4 Å². The number of halogens is 3. The van der Waals surface area contributed by atoms with Crippen LogP contribution in [0.2, 0.25) is 0 Å². The number of imidazole rings is 1. The van der Waals surface area contributed by atoms with Crippen LogP contribution >= 0.6 is 0 Å². The molecule has 0 saturated carbocycles. The molecule has 1 unspecified atom stereocenters. The fourth-order valence-electron chi connectivity index (χ4n) is 4.94. The van der Waals surface area contributed by atoms with Gasteiger partial charge in [0.2, 0.25) is 11.9 Å². The van der Waals surface area contributed by atoms with E-state index in [4.69, 9.17) is 14.5 Å². The number of aromatic amines is 1. The number of ether oxygens (including phenoxy) is 2. The van der Waals surface area contributed by atoms with Crippen molar-refractivity contribution in [3.63, 3.8) is 0 Å². The first kappa shape index (κ1) is 27.8. The number of aliphatic hydroxyl groups excluding tert-OH is 1. The predicted octanol–water partition coefficient (Wildman–Crippen LogP) is 3.82. The number of β-amino-alcohol motifs (C(OH)–C–C–N with tert-alkyl or cyclic N) is 1. The zero-order valence-corrected chi connectivity index (χ0v) is 22.3. The van der Waals surface area contributed by atoms with Gasteiger partial charge in [-0.15, -0.1) is 0 Å². The number of aromatic nitrogens is 4. The number of nitrogens with one attached hydrogen (secondary N) is 2. The molecule has 2 aliphatic heterocycles. The highest BCUT2D eigenvalue weighted by atomic mass is 19.2. The molecule has 42 heavy (non-hydrogen) atoms. The van der Waals surface area contributed by atoms with Gasteiger partial charge in [0.05, 0.1) is 48.7 Å². The lowest BCUT2D eigenvalue weighted by atomic mass is 10.1. The zero-order valence-electron chi connectivity index (χ0n) is 22.3. The number of hydrogen-bond donors (Lipinski definition) is 3. The van der Waals surface area contributed by atoms with E-state index in [2.05, 4.69) is 20.3 Å². The summed E-state index contributed by atoms with van der Waals surface area (Å²) in [5, 5.41) is 12.6. The van der Waals surface area contributed by atoms with Crippen LogP contribution in [0.1, 0.15) is 12.2 Å². The van der Waals surface area contributed by atoms with Gasteiger partial charge in [0.1, 0.15) is 11.6 Å². The van der Waals surface area contributed by atoms with Gasteiger partial charge in [-0.05, 0) is 48.9 Å². The lowest BCUT2D eigenvalue weighted by Gasteiger charge is -2.30. The molecule has 13 heteroatoms. The molecule has 6 rings (SSSR count). The second-order valence-corrected chi connectivity index (χ2v) is 10.2. The summed E-state index contributed by atoms with van der Waals surface area (Å²) in [5.74, 6) is -2.27. The van der Waals surface area contributed by atoms with E-state index in [1.807, 2.05) is 0 Å². The van der Waals surface area contributed by atoms with Gasteiger partial charge in [0, 0.05) is 36.6 Å². The maximum atomic E-state index is 13.7. The predicted molar refractivity (Wildman–Crippen MR) is 145 cm³/mol. The molecule has 0 aliphatic carbocycles. The van der Waals surface area contributed by atoms with Gasteiger partial charge in [-0.25, -0.2) is 28.1 Å². The van der Waals surface area contributed by atoms with E-state index in [1.54, 1.807) is 23.1 Å². The van der Waals surface area contributed by atoms with Crippen molar-refractivity contribution in [3.05, 3.63) is 78.0 Å². The molecule has 1 amide bonds. The molecule has 0 spiro atoms. The Morgan fingerprint density at radius 2 is 1.83 bits per heavy atom. The summed E-state index contributed by atoms with van der Waals surface area (Å²) < 4.78 is 52.4. The number of H-pyrrole nitrogens is 1. The average Bonchev–Trinajstić information content (AvgIpc) is 3.62. The van der Waals surface area contributed by atoms with Crippen molar-refractivity contribution in [1.29, 1.82) is 0 Å². The number of amides is 1. The summed E-state index contributed by atoms with van der Waals surface area (Å²) in [4.78, 5) is 31.0. The molecule has 2 fully saturated rings. The van der Waals surface area contributed by atoms with Crippen LogP contribution < -0.4 is 5.32 Å². The normalized spacial score (nSPS) is 20.6. The Bertz CT molecular complexity index is 1580. The molecule has 10 nitrogen and oxygen atoms in total. The number of carbonyl (C=O) groups excluding carboxylic acids is 1. The van der Waals surface area contributed by atoms with Crippen LogP contribution in [0.25, 0.3) is 22.6 Å². The van der Waals surface area contributed by atoms with E-state index < -0.39 is 35.8 Å². The molecule has 4 heterocycles. The Morgan fingerprint density at radius 1 is 1.05 bits per heavy atom. The molecular weight excluding hydrogens is 553 g/mol. The minimum absolute atomic E-state index is 0.0968. The first-order valence-corrected chi connectivity index (χ1v) is 13.4. The monoisotopic (exact) mass is 580 g/mol. The lowest BCUT2D eigenvalue weighted by Crippen LogP contribution is -2.44. The standard InChI is InChI=1S/C29H27F3N6O4/c30-18-3-1-16(2-4-18)26-27(23-7-9-33-29(35-23)34-19-5-6-21(31)22(32)11-19)37-24(36-26)12-25-41-14-17(15-42-25)28(40)38-10-8-20(39)13-38/h1-7,9,11,17,20,25,39H,8,10,12-15H2,(H,36,37)(H,33,34,35). The lowest BCUT2D eigenvalue weighted by molar-refractivity contribution is -0.204. The van der Waals surface area contributed by atoms with Gasteiger partial charge in [-0.2, -0.15) is 0 Å². The molecule has 0 radical (unpaired) electrons. The van der Waals surface area contributed by atoms with Gasteiger partial charge in [-0.1, -0.05) is 0 Å². The van der Waals surface area contributed by atoms with Crippen molar-refractivity contribution >= 4 is 17.5 Å². The first-order valence-electron chi connectivity index (χ1n) is 13.4. The smallest absolute Gasteiger partial charge is 0.230 e. The van der Waals surface area contributed by atoms with E-state index in [-0.39, 0.29) is 37.2 Å². The van der Waals surface area contributed by atoms with E-state index in [0.29, 0.717) is 48.0 Å². The summed E-state index contributed by atoms with van der Waals surface area (Å²) in [5.41, 5.74) is 2.35. The minimum Gasteiger partial charge on any atom is -0.391 e. The Balaban J connectivity index is 1.21. The summed E-state index contributed by atoms with van der Waals surface area (Å²) in [7, 11) is 0. The van der Waals surface area contributed by atoms with E-state index >= 15 is 0 Å². The molecule has 0 bridgehead atoms. The molecule has 2 aromatic carbocycles. The van der Waals surface area contributed by atoms with E-state index in [9.17, 15) is 23.1 Å². The Hall–Kier alpha value is -4.33. The molecule has 4 aromatic rings. The van der Waals surface area contributed by atoms with Crippen molar-refractivity contribution in [2.75, 3.05) is 31.6 Å². The van der Waals surface area contributed by atoms with Gasteiger partial charge in [0.25, 0.3) is 0 Å². The Labute approximate surface area is 238 Å². The van der Waals surface area contributed by atoms with Crippen LogP contribution in [-0.4, -0.2) is 74.5 Å². The minimum atomic E-state index is -1.01.